The number of pyridine rings is 1. The monoisotopic (exact) mass is 727 g/mol. The molecule has 15 heteroatoms. The van der Waals surface area contributed by atoms with Crippen molar-refractivity contribution < 1.29 is 36.7 Å². The van der Waals surface area contributed by atoms with Gasteiger partial charge >= 0.3 is 0 Å². The lowest BCUT2D eigenvalue weighted by Crippen LogP contribution is -2.47. The van der Waals surface area contributed by atoms with E-state index in [1.807, 2.05) is 0 Å². The molecule has 0 bridgehead atoms. The van der Waals surface area contributed by atoms with Crippen LogP contribution in [-0.2, 0) is 27.5 Å². The van der Waals surface area contributed by atoms with Gasteiger partial charge in [0.15, 0.2) is 0 Å². The molecule has 0 aliphatic heterocycles. The van der Waals surface area contributed by atoms with Crippen LogP contribution >= 0.6 is 11.3 Å². The number of thiazole rings is 1. The number of carbonyl (C=O) groups is 3. The van der Waals surface area contributed by atoms with E-state index in [0.717, 1.165) is 12.1 Å². The zero-order valence-electron chi connectivity index (χ0n) is 28.0. The Hall–Kier alpha value is -5.05. The van der Waals surface area contributed by atoms with E-state index in [-0.39, 0.29) is 56.0 Å². The molecule has 2 heterocycles. The third-order valence-corrected chi connectivity index (χ3v) is 9.52. The largest absolute Gasteiger partial charge is 0.487 e. The molecular formula is C36H37F4N5O5S. The third-order valence-electron chi connectivity index (χ3n) is 8.45. The maximum absolute atomic E-state index is 14.1. The van der Waals surface area contributed by atoms with Crippen LogP contribution in [0.1, 0.15) is 49.1 Å². The molecule has 2 N–H and O–H groups in total. The van der Waals surface area contributed by atoms with Crippen molar-refractivity contribution in [2.24, 2.45) is 5.92 Å². The molecule has 1 aliphatic carbocycles. The highest BCUT2D eigenvalue weighted by molar-refractivity contribution is 7.19. The van der Waals surface area contributed by atoms with E-state index in [1.165, 1.54) is 45.2 Å². The molecule has 5 rings (SSSR count). The number of amides is 3. The lowest BCUT2D eigenvalue weighted by atomic mass is 9.86. The standard InChI is InChI=1S/C36H37F4N5O5S/c1-44(2)31(46)11-4-3-7-27(42-33(47)22-14-16-36(39,40)17-15-22)34(48)43-28-9-6-18-45(35(28)49)20-30-41-26-8-5-10-29(32(26)51-30)50-21-23-12-13-24(37)19-25(23)38/h4-6,8-13,18-19,22,27H,3,7,14-17,20-21H2,1-2H3,(H,42,47)(H,43,48)/b11-4+. The van der Waals surface area contributed by atoms with E-state index in [9.17, 15) is 36.7 Å². The summed E-state index contributed by atoms with van der Waals surface area (Å²) in [5.41, 5.74) is 0.180. The van der Waals surface area contributed by atoms with Crippen LogP contribution in [0.3, 0.4) is 0 Å². The van der Waals surface area contributed by atoms with Crippen molar-refractivity contribution in [2.45, 2.75) is 63.6 Å². The van der Waals surface area contributed by atoms with Gasteiger partial charge in [0.05, 0.1) is 16.8 Å². The molecule has 3 amide bonds. The highest BCUT2D eigenvalue weighted by Gasteiger charge is 2.38. The van der Waals surface area contributed by atoms with E-state index < -0.39 is 59.7 Å². The number of fused-ring (bicyclic) bond motifs is 1. The Morgan fingerprint density at radius 2 is 1.88 bits per heavy atom. The molecule has 1 aliphatic rings. The second-order valence-corrected chi connectivity index (χ2v) is 13.6. The molecule has 1 fully saturated rings. The number of carbonyl (C=O) groups excluding carboxylic acids is 3. The number of rotatable bonds is 13. The first-order valence-electron chi connectivity index (χ1n) is 16.3. The van der Waals surface area contributed by atoms with Crippen molar-refractivity contribution >= 4 is 45.0 Å². The van der Waals surface area contributed by atoms with Crippen LogP contribution in [0.4, 0.5) is 23.2 Å². The number of benzene rings is 2. The Balaban J connectivity index is 1.28. The number of halogens is 4. The first-order chi connectivity index (χ1) is 24.3. The number of hydrogen-bond acceptors (Lipinski definition) is 7. The summed E-state index contributed by atoms with van der Waals surface area (Å²) in [6, 6.07) is 10.3. The van der Waals surface area contributed by atoms with E-state index >= 15 is 0 Å². The smallest absolute Gasteiger partial charge is 0.274 e. The lowest BCUT2D eigenvalue weighted by Gasteiger charge is -2.28. The molecule has 1 saturated carbocycles. The fourth-order valence-corrected chi connectivity index (χ4v) is 6.55. The lowest BCUT2D eigenvalue weighted by molar-refractivity contribution is -0.132. The van der Waals surface area contributed by atoms with Crippen LogP contribution in [0.5, 0.6) is 5.75 Å². The van der Waals surface area contributed by atoms with Gasteiger partial charge in [-0.3, -0.25) is 19.2 Å². The number of allylic oxidation sites excluding steroid dienone is 1. The molecule has 0 saturated heterocycles. The summed E-state index contributed by atoms with van der Waals surface area (Å²) in [7, 11) is 3.18. The second kappa shape index (κ2) is 16.3. The molecule has 0 spiro atoms. The second-order valence-electron chi connectivity index (χ2n) is 12.5. The number of aromatic nitrogens is 2. The first-order valence-corrected chi connectivity index (χ1v) is 17.1. The van der Waals surface area contributed by atoms with Crippen molar-refractivity contribution in [3.63, 3.8) is 0 Å². The SMILES string of the molecule is CN(C)C(=O)/C=C/CCC(NC(=O)C1CCC(F)(F)CC1)C(=O)Nc1cccn(Cc2nc3cccc(OCc4ccc(F)cc4F)c3s2)c1=O. The molecule has 2 aromatic carbocycles. The zero-order valence-corrected chi connectivity index (χ0v) is 28.8. The summed E-state index contributed by atoms with van der Waals surface area (Å²) >= 11 is 1.26. The average Bonchev–Trinajstić information content (AvgIpc) is 3.50. The fourth-order valence-electron chi connectivity index (χ4n) is 5.52. The molecule has 0 radical (unpaired) electrons. The fraction of sp³-hybridized carbons (Fsp3) is 0.361. The molecule has 2 aromatic heterocycles. The maximum atomic E-state index is 14.1. The van der Waals surface area contributed by atoms with Crippen molar-refractivity contribution in [3.05, 3.63) is 99.4 Å². The number of anilines is 1. The number of hydrogen-bond donors (Lipinski definition) is 2. The number of nitrogens with one attached hydrogen (secondary N) is 2. The highest BCUT2D eigenvalue weighted by Crippen LogP contribution is 2.36. The minimum Gasteiger partial charge on any atom is -0.487 e. The third kappa shape index (κ3) is 9.81. The Morgan fingerprint density at radius 3 is 2.61 bits per heavy atom. The molecule has 4 aromatic rings. The van der Waals surface area contributed by atoms with Crippen molar-refractivity contribution in [3.8, 4) is 5.75 Å². The number of ether oxygens (including phenoxy) is 1. The van der Waals surface area contributed by atoms with Gasteiger partial charge in [-0.1, -0.05) is 12.1 Å². The molecule has 10 nitrogen and oxygen atoms in total. The quantitative estimate of drug-likeness (QED) is 0.128. The van der Waals surface area contributed by atoms with Crippen molar-refractivity contribution in [2.75, 3.05) is 19.4 Å². The average molecular weight is 728 g/mol. The Labute approximate surface area is 295 Å². The summed E-state index contributed by atoms with van der Waals surface area (Å²) in [5, 5.41) is 5.82. The minimum absolute atomic E-state index is 0.0139. The van der Waals surface area contributed by atoms with Gasteiger partial charge in [0.1, 0.15) is 40.7 Å². The van der Waals surface area contributed by atoms with E-state index in [0.29, 0.717) is 21.0 Å². The van der Waals surface area contributed by atoms with E-state index in [4.69, 9.17) is 4.74 Å². The minimum atomic E-state index is -2.82. The van der Waals surface area contributed by atoms with Crippen LogP contribution in [0.2, 0.25) is 0 Å². The normalized spacial score (nSPS) is 15.1. The van der Waals surface area contributed by atoms with E-state index in [2.05, 4.69) is 15.6 Å². The Morgan fingerprint density at radius 1 is 1.12 bits per heavy atom. The van der Waals surface area contributed by atoms with Crippen molar-refractivity contribution in [1.82, 2.24) is 19.8 Å². The van der Waals surface area contributed by atoms with Crippen molar-refractivity contribution in [1.29, 1.82) is 0 Å². The first kappa shape index (κ1) is 37.2. The summed E-state index contributed by atoms with van der Waals surface area (Å²) in [5.74, 6) is -5.94. The predicted octanol–water partition coefficient (Wildman–Crippen LogP) is 6.04. The number of nitrogens with zero attached hydrogens (tertiary/aromatic N) is 3. The Bertz CT molecular complexity index is 1990. The van der Waals surface area contributed by atoms with Gasteiger partial charge in [-0.2, -0.15) is 0 Å². The van der Waals surface area contributed by atoms with Gasteiger partial charge in [-0.05, 0) is 68.2 Å². The number of likely N-dealkylation sites (N-methyl/N-ethyl adjacent to an activating group) is 1. The van der Waals surface area contributed by atoms with Gasteiger partial charge < -0.3 is 24.8 Å². The van der Waals surface area contributed by atoms with E-state index in [1.54, 1.807) is 44.4 Å². The molecule has 1 atom stereocenters. The predicted molar refractivity (Wildman–Crippen MR) is 185 cm³/mol. The van der Waals surface area contributed by atoms with Crippen LogP contribution in [-0.4, -0.2) is 58.2 Å². The van der Waals surface area contributed by atoms with Crippen LogP contribution < -0.4 is 20.9 Å². The summed E-state index contributed by atoms with van der Waals surface area (Å²) in [4.78, 5) is 57.9. The number of alkyl halides is 2. The zero-order chi connectivity index (χ0) is 36.7. The van der Waals surface area contributed by atoms with Gasteiger partial charge in [0, 0.05) is 50.7 Å². The van der Waals surface area contributed by atoms with Gasteiger partial charge in [-0.25, -0.2) is 22.5 Å². The molecule has 270 valence electrons. The summed E-state index contributed by atoms with van der Waals surface area (Å²) in [6.45, 7) is -0.0900. The summed E-state index contributed by atoms with van der Waals surface area (Å²) < 4.78 is 62.7. The molecule has 51 heavy (non-hydrogen) atoms. The molecule has 1 unspecified atom stereocenters. The Kier molecular flexibility index (Phi) is 11.9. The van der Waals surface area contributed by atoms with Gasteiger partial charge in [0.25, 0.3) is 5.56 Å². The maximum Gasteiger partial charge on any atom is 0.274 e. The van der Waals surface area contributed by atoms with Gasteiger partial charge in [-0.15, -0.1) is 11.3 Å². The van der Waals surface area contributed by atoms with Crippen LogP contribution in [0, 0.1) is 17.6 Å². The van der Waals surface area contributed by atoms with Gasteiger partial charge in [0.2, 0.25) is 23.6 Å². The molecular weight excluding hydrogens is 690 g/mol. The van der Waals surface area contributed by atoms with Crippen LogP contribution in [0.15, 0.2) is 71.7 Å². The van der Waals surface area contributed by atoms with Crippen LogP contribution in [0.25, 0.3) is 10.2 Å². The summed E-state index contributed by atoms with van der Waals surface area (Å²) in [6.07, 6.45) is 3.91. The highest BCUT2D eigenvalue weighted by atomic mass is 32.1. The topological polar surface area (TPSA) is 123 Å².